The van der Waals surface area contributed by atoms with Gasteiger partial charge in [-0.15, -0.1) is 0 Å². The highest BCUT2D eigenvalue weighted by atomic mass is 19.4. The molecule has 1 aromatic carbocycles. The number of benzene rings is 1. The smallest absolute Gasteiger partial charge is 0.420 e. The number of aliphatic hydroxyl groups is 1. The van der Waals surface area contributed by atoms with Gasteiger partial charge in [0.2, 0.25) is 0 Å². The summed E-state index contributed by atoms with van der Waals surface area (Å²) in [5, 5.41) is 9.17. The van der Waals surface area contributed by atoms with Crippen molar-refractivity contribution in [1.82, 2.24) is 0 Å². The highest BCUT2D eigenvalue weighted by Gasteiger charge is 2.37. The number of aliphatic hydroxyl groups excluding tert-OH is 1. The van der Waals surface area contributed by atoms with E-state index < -0.39 is 11.7 Å². The van der Waals surface area contributed by atoms with Crippen LogP contribution >= 0.6 is 0 Å². The van der Waals surface area contributed by atoms with Crippen LogP contribution in [0.15, 0.2) is 12.1 Å². The molecule has 1 aliphatic rings. The minimum absolute atomic E-state index is 0.105. The maximum atomic E-state index is 12.9. The Morgan fingerprint density at radius 3 is 2.42 bits per heavy atom. The first kappa shape index (κ1) is 14.0. The molecule has 6 heteroatoms. The summed E-state index contributed by atoms with van der Waals surface area (Å²) in [4.78, 5) is 0. The first-order valence-corrected chi connectivity index (χ1v) is 6.05. The maximum Gasteiger partial charge on any atom is 0.420 e. The van der Waals surface area contributed by atoms with E-state index >= 15 is 0 Å². The van der Waals surface area contributed by atoms with Gasteiger partial charge < -0.3 is 14.6 Å². The molecule has 0 aliphatic carbocycles. The molecule has 0 saturated heterocycles. The van der Waals surface area contributed by atoms with Crippen LogP contribution in [0.1, 0.15) is 30.4 Å². The summed E-state index contributed by atoms with van der Waals surface area (Å²) in [6.07, 6.45) is -3.96. The summed E-state index contributed by atoms with van der Waals surface area (Å²) in [6.45, 7) is 2.05. The summed E-state index contributed by atoms with van der Waals surface area (Å²) in [6, 6.07) is 2.33. The summed E-state index contributed by atoms with van der Waals surface area (Å²) < 4.78 is 49.4. The molecule has 1 heterocycles. The van der Waals surface area contributed by atoms with Crippen LogP contribution in [0.25, 0.3) is 0 Å². The van der Waals surface area contributed by atoms with E-state index in [-0.39, 0.29) is 30.6 Å². The molecule has 19 heavy (non-hydrogen) atoms. The van der Waals surface area contributed by atoms with Crippen molar-refractivity contribution in [2.45, 2.75) is 25.4 Å². The summed E-state index contributed by atoms with van der Waals surface area (Å²) in [5.74, 6) is -0.464. The van der Waals surface area contributed by atoms with Gasteiger partial charge in [-0.25, -0.2) is 0 Å². The lowest BCUT2D eigenvalue weighted by molar-refractivity contribution is -0.139. The van der Waals surface area contributed by atoms with Gasteiger partial charge in [0.15, 0.2) is 11.5 Å². The predicted octanol–water partition coefficient (Wildman–Crippen LogP) is 2.96. The normalized spacial score (nSPS) is 16.9. The van der Waals surface area contributed by atoms with Crippen molar-refractivity contribution < 1.29 is 27.8 Å². The molecule has 0 amide bonds. The molecule has 1 unspecified atom stereocenters. The third kappa shape index (κ3) is 2.78. The number of alkyl halides is 3. The largest absolute Gasteiger partial charge is 0.489 e. The topological polar surface area (TPSA) is 38.7 Å². The molecule has 106 valence electrons. The third-order valence-electron chi connectivity index (χ3n) is 3.03. The van der Waals surface area contributed by atoms with Crippen molar-refractivity contribution in [1.29, 1.82) is 0 Å². The fourth-order valence-corrected chi connectivity index (χ4v) is 1.99. The van der Waals surface area contributed by atoms with Crippen molar-refractivity contribution in [3.8, 4) is 11.5 Å². The molecule has 1 N–H and O–H groups in total. The zero-order valence-electron chi connectivity index (χ0n) is 10.5. The molecule has 0 radical (unpaired) electrons. The van der Waals surface area contributed by atoms with Crippen LogP contribution in [0.2, 0.25) is 0 Å². The van der Waals surface area contributed by atoms with Gasteiger partial charge in [-0.3, -0.25) is 0 Å². The molecule has 1 aromatic rings. The third-order valence-corrected chi connectivity index (χ3v) is 3.03. The Balaban J connectivity index is 2.57. The summed E-state index contributed by atoms with van der Waals surface area (Å²) in [7, 11) is 0. The molecule has 2 rings (SSSR count). The Morgan fingerprint density at radius 2 is 1.84 bits per heavy atom. The lowest BCUT2D eigenvalue weighted by atomic mass is 9.98. The van der Waals surface area contributed by atoms with Crippen LogP contribution < -0.4 is 9.47 Å². The van der Waals surface area contributed by atoms with Gasteiger partial charge in [-0.2, -0.15) is 13.2 Å². The summed E-state index contributed by atoms with van der Waals surface area (Å²) in [5.41, 5.74) is -0.300. The number of hydrogen-bond donors (Lipinski definition) is 1. The van der Waals surface area contributed by atoms with Gasteiger partial charge in [0.1, 0.15) is 5.56 Å². The maximum absolute atomic E-state index is 12.9. The van der Waals surface area contributed by atoms with E-state index in [1.54, 1.807) is 6.92 Å². The van der Waals surface area contributed by atoms with E-state index in [1.807, 2.05) is 0 Å². The zero-order valence-corrected chi connectivity index (χ0v) is 10.5. The van der Waals surface area contributed by atoms with Crippen LogP contribution in [-0.2, 0) is 6.18 Å². The number of halogens is 3. The van der Waals surface area contributed by atoms with Crippen LogP contribution in [0.4, 0.5) is 13.2 Å². The molecule has 0 saturated carbocycles. The Hall–Kier alpha value is -1.43. The first-order valence-electron chi connectivity index (χ1n) is 6.05. The standard InChI is InChI=1S/C13H15F3O3/c1-8(7-17)9-3-4-10(13(14,15)16)12-11(9)18-5-2-6-19-12/h3-4,8,17H,2,5-7H2,1H3. The number of fused-ring (bicyclic) bond motifs is 1. The van der Waals surface area contributed by atoms with E-state index in [0.717, 1.165) is 6.07 Å². The second kappa shape index (κ2) is 5.28. The molecule has 0 bridgehead atoms. The van der Waals surface area contributed by atoms with Gasteiger partial charge in [0.05, 0.1) is 13.2 Å². The Kier molecular flexibility index (Phi) is 3.89. The van der Waals surface area contributed by atoms with E-state index in [4.69, 9.17) is 9.47 Å². The van der Waals surface area contributed by atoms with E-state index in [0.29, 0.717) is 18.6 Å². The first-order chi connectivity index (χ1) is 8.95. The van der Waals surface area contributed by atoms with Gasteiger partial charge in [-0.05, 0) is 6.07 Å². The van der Waals surface area contributed by atoms with Crippen molar-refractivity contribution in [3.05, 3.63) is 23.3 Å². The van der Waals surface area contributed by atoms with Crippen molar-refractivity contribution in [2.24, 2.45) is 0 Å². The average molecular weight is 276 g/mol. The Labute approximate surface area is 108 Å². The minimum Gasteiger partial charge on any atom is -0.489 e. The average Bonchev–Trinajstić information content (AvgIpc) is 2.60. The molecule has 0 aromatic heterocycles. The number of rotatable bonds is 2. The number of ether oxygens (including phenoxy) is 2. The molecule has 3 nitrogen and oxygen atoms in total. The quantitative estimate of drug-likeness (QED) is 0.902. The molecule has 0 spiro atoms. The van der Waals surface area contributed by atoms with E-state index in [2.05, 4.69) is 0 Å². The fraction of sp³-hybridized carbons (Fsp3) is 0.538. The van der Waals surface area contributed by atoms with Gasteiger partial charge in [0.25, 0.3) is 0 Å². The monoisotopic (exact) mass is 276 g/mol. The molecule has 1 atom stereocenters. The van der Waals surface area contributed by atoms with E-state index in [1.165, 1.54) is 6.07 Å². The van der Waals surface area contributed by atoms with Crippen LogP contribution in [0.5, 0.6) is 11.5 Å². The molecular formula is C13H15F3O3. The van der Waals surface area contributed by atoms with Gasteiger partial charge in [0, 0.05) is 24.5 Å². The Bertz CT molecular complexity index is 457. The minimum atomic E-state index is -4.49. The molecular weight excluding hydrogens is 261 g/mol. The van der Waals surface area contributed by atoms with Crippen molar-refractivity contribution in [3.63, 3.8) is 0 Å². The highest BCUT2D eigenvalue weighted by Crippen LogP contribution is 2.46. The second-order valence-corrected chi connectivity index (χ2v) is 4.49. The highest BCUT2D eigenvalue weighted by molar-refractivity contribution is 5.54. The van der Waals surface area contributed by atoms with Gasteiger partial charge in [-0.1, -0.05) is 13.0 Å². The van der Waals surface area contributed by atoms with Gasteiger partial charge >= 0.3 is 6.18 Å². The van der Waals surface area contributed by atoms with Crippen molar-refractivity contribution >= 4 is 0 Å². The Morgan fingerprint density at radius 1 is 1.21 bits per heavy atom. The molecule has 0 fully saturated rings. The summed E-state index contributed by atoms with van der Waals surface area (Å²) >= 11 is 0. The molecule has 1 aliphatic heterocycles. The SMILES string of the molecule is CC(CO)c1ccc(C(F)(F)F)c2c1OCCCO2. The lowest BCUT2D eigenvalue weighted by Gasteiger charge is -2.20. The van der Waals surface area contributed by atoms with E-state index in [9.17, 15) is 18.3 Å². The predicted molar refractivity (Wildman–Crippen MR) is 62.6 cm³/mol. The zero-order chi connectivity index (χ0) is 14.0. The van der Waals surface area contributed by atoms with Crippen LogP contribution in [0.3, 0.4) is 0 Å². The number of hydrogen-bond acceptors (Lipinski definition) is 3. The lowest BCUT2D eigenvalue weighted by Crippen LogP contribution is -2.11. The second-order valence-electron chi connectivity index (χ2n) is 4.49. The van der Waals surface area contributed by atoms with Crippen LogP contribution in [0, 0.1) is 0 Å². The van der Waals surface area contributed by atoms with Crippen LogP contribution in [-0.4, -0.2) is 24.9 Å². The fourth-order valence-electron chi connectivity index (χ4n) is 1.99. The van der Waals surface area contributed by atoms with Crippen molar-refractivity contribution in [2.75, 3.05) is 19.8 Å².